The second-order valence-corrected chi connectivity index (χ2v) is 3.82. The van der Waals surface area contributed by atoms with Gasteiger partial charge in [0.15, 0.2) is 0 Å². The van der Waals surface area contributed by atoms with Gasteiger partial charge < -0.3 is 14.3 Å². The molecule has 0 amide bonds. The summed E-state index contributed by atoms with van der Waals surface area (Å²) in [4.78, 5) is 17.0. The molecule has 0 unspecified atom stereocenters. The fourth-order valence-electron chi connectivity index (χ4n) is 1.53. The number of hydrogen-bond donors (Lipinski definition) is 2. The molecule has 66 valence electrons. The van der Waals surface area contributed by atoms with Crippen molar-refractivity contribution in [3.8, 4) is 0 Å². The maximum atomic E-state index is 8.48. The molecule has 0 aromatic carbocycles. The first-order valence-corrected chi connectivity index (χ1v) is 5.26. The molecule has 2 N–H and O–H groups in total. The third kappa shape index (κ3) is 4.02. The summed E-state index contributed by atoms with van der Waals surface area (Å²) >= 11 is 0. The van der Waals surface area contributed by atoms with Gasteiger partial charge in [0.25, 0.3) is 0 Å². The molecule has 1 rings (SSSR count). The van der Waals surface area contributed by atoms with Crippen LogP contribution in [0.5, 0.6) is 0 Å². The summed E-state index contributed by atoms with van der Waals surface area (Å²) < 4.78 is 4.76. The van der Waals surface area contributed by atoms with E-state index in [2.05, 4.69) is 0 Å². The summed E-state index contributed by atoms with van der Waals surface area (Å²) in [5, 5.41) is 0. The molecule has 3 nitrogen and oxygen atoms in total. The lowest BCUT2D eigenvalue weighted by molar-refractivity contribution is 0.184. The average molecular weight is 178 g/mol. The third-order valence-electron chi connectivity index (χ3n) is 2.15. The molecule has 0 radical (unpaired) electrons. The molecule has 1 aliphatic carbocycles. The van der Waals surface area contributed by atoms with Crippen LogP contribution in [0.15, 0.2) is 0 Å². The molecule has 1 aliphatic rings. The van der Waals surface area contributed by atoms with E-state index < -0.39 is 8.60 Å². The monoisotopic (exact) mass is 178 g/mol. The quantitative estimate of drug-likeness (QED) is 0.648. The first kappa shape index (κ1) is 9.40. The molecular weight excluding hydrogens is 163 g/mol. The van der Waals surface area contributed by atoms with Crippen LogP contribution in [-0.4, -0.2) is 16.4 Å². The lowest BCUT2D eigenvalue weighted by atomic mass is 9.90. The first-order valence-electron chi connectivity index (χ1n) is 4.10. The predicted octanol–water partition coefficient (Wildman–Crippen LogP) is 1.79. The standard InChI is InChI=1S/C7H15O3P/c8-11(9)10-6-7-4-2-1-3-5-7/h7-9H,1-6H2. The van der Waals surface area contributed by atoms with Crippen molar-refractivity contribution in [3.63, 3.8) is 0 Å². The summed E-state index contributed by atoms with van der Waals surface area (Å²) in [5.41, 5.74) is 0. The van der Waals surface area contributed by atoms with E-state index in [1.165, 1.54) is 32.1 Å². The van der Waals surface area contributed by atoms with Gasteiger partial charge in [-0.3, -0.25) is 0 Å². The van der Waals surface area contributed by atoms with Crippen LogP contribution < -0.4 is 0 Å². The van der Waals surface area contributed by atoms with Gasteiger partial charge in [-0.1, -0.05) is 19.3 Å². The highest BCUT2D eigenvalue weighted by Crippen LogP contribution is 2.30. The van der Waals surface area contributed by atoms with Gasteiger partial charge in [-0.15, -0.1) is 0 Å². The SMILES string of the molecule is OP(O)OCC1CCCCC1. The van der Waals surface area contributed by atoms with E-state index in [9.17, 15) is 0 Å². The van der Waals surface area contributed by atoms with Crippen molar-refractivity contribution in [3.05, 3.63) is 0 Å². The molecule has 0 spiro atoms. The van der Waals surface area contributed by atoms with Gasteiger partial charge in [0.1, 0.15) is 0 Å². The molecule has 0 heterocycles. The van der Waals surface area contributed by atoms with Crippen molar-refractivity contribution in [2.45, 2.75) is 32.1 Å². The molecule has 0 saturated heterocycles. The van der Waals surface area contributed by atoms with Crippen molar-refractivity contribution < 1.29 is 14.3 Å². The van der Waals surface area contributed by atoms with Crippen LogP contribution in [0, 0.1) is 5.92 Å². The van der Waals surface area contributed by atoms with Crippen LogP contribution in [-0.2, 0) is 4.52 Å². The lowest BCUT2D eigenvalue weighted by Gasteiger charge is -2.20. The van der Waals surface area contributed by atoms with Crippen molar-refractivity contribution in [2.24, 2.45) is 5.92 Å². The summed E-state index contributed by atoms with van der Waals surface area (Å²) in [6.45, 7) is 0.526. The predicted molar refractivity (Wildman–Crippen MR) is 43.9 cm³/mol. The van der Waals surface area contributed by atoms with E-state index >= 15 is 0 Å². The Hall–Kier alpha value is 0.310. The molecule has 1 saturated carbocycles. The summed E-state index contributed by atoms with van der Waals surface area (Å²) in [7, 11) is -2.13. The van der Waals surface area contributed by atoms with Crippen LogP contribution in [0.25, 0.3) is 0 Å². The van der Waals surface area contributed by atoms with E-state index in [1.807, 2.05) is 0 Å². The van der Waals surface area contributed by atoms with Crippen molar-refractivity contribution in [2.75, 3.05) is 6.61 Å². The summed E-state index contributed by atoms with van der Waals surface area (Å²) in [6.07, 6.45) is 6.22. The van der Waals surface area contributed by atoms with E-state index in [4.69, 9.17) is 14.3 Å². The highest BCUT2D eigenvalue weighted by molar-refractivity contribution is 7.39. The van der Waals surface area contributed by atoms with Crippen LogP contribution in [0.4, 0.5) is 0 Å². The zero-order valence-corrected chi connectivity index (χ0v) is 7.46. The van der Waals surface area contributed by atoms with Gasteiger partial charge in [0.2, 0.25) is 0 Å². The Labute approximate surface area is 68.4 Å². The van der Waals surface area contributed by atoms with Crippen molar-refractivity contribution >= 4 is 8.60 Å². The van der Waals surface area contributed by atoms with Crippen LogP contribution in [0.2, 0.25) is 0 Å². The highest BCUT2D eigenvalue weighted by Gasteiger charge is 2.14. The Bertz CT molecular complexity index is 102. The van der Waals surface area contributed by atoms with Gasteiger partial charge >= 0.3 is 8.60 Å². The molecule has 1 fully saturated rings. The second kappa shape index (κ2) is 5.04. The minimum Gasteiger partial charge on any atom is -0.328 e. The van der Waals surface area contributed by atoms with Gasteiger partial charge in [-0.2, -0.15) is 0 Å². The fourth-order valence-corrected chi connectivity index (χ4v) is 1.87. The minimum atomic E-state index is -2.13. The molecule has 0 aromatic rings. The molecule has 11 heavy (non-hydrogen) atoms. The Morgan fingerprint density at radius 2 is 1.82 bits per heavy atom. The van der Waals surface area contributed by atoms with E-state index in [0.29, 0.717) is 12.5 Å². The average Bonchev–Trinajstić information content (AvgIpc) is 2.03. The molecule has 0 atom stereocenters. The van der Waals surface area contributed by atoms with Crippen LogP contribution in [0.3, 0.4) is 0 Å². The lowest BCUT2D eigenvalue weighted by Crippen LogP contribution is -2.11. The highest BCUT2D eigenvalue weighted by atomic mass is 31.2. The second-order valence-electron chi connectivity index (χ2n) is 3.05. The maximum absolute atomic E-state index is 8.48. The van der Waals surface area contributed by atoms with Crippen LogP contribution in [0.1, 0.15) is 32.1 Å². The van der Waals surface area contributed by atoms with Crippen molar-refractivity contribution in [1.82, 2.24) is 0 Å². The molecular formula is C7H15O3P. The van der Waals surface area contributed by atoms with Gasteiger partial charge in [-0.25, -0.2) is 0 Å². The van der Waals surface area contributed by atoms with Crippen molar-refractivity contribution in [1.29, 1.82) is 0 Å². The fraction of sp³-hybridized carbons (Fsp3) is 1.00. The Kier molecular flexibility index (Phi) is 4.31. The summed E-state index contributed by atoms with van der Waals surface area (Å²) in [6, 6.07) is 0. The van der Waals surface area contributed by atoms with E-state index in [0.717, 1.165) is 0 Å². The number of hydrogen-bond acceptors (Lipinski definition) is 3. The topological polar surface area (TPSA) is 49.7 Å². The van der Waals surface area contributed by atoms with Gasteiger partial charge in [0.05, 0.1) is 6.61 Å². The normalized spacial score (nSPS) is 21.0. The molecule has 0 bridgehead atoms. The first-order chi connectivity index (χ1) is 5.29. The van der Waals surface area contributed by atoms with Gasteiger partial charge in [-0.05, 0) is 18.8 Å². The van der Waals surface area contributed by atoms with E-state index in [-0.39, 0.29) is 0 Å². The van der Waals surface area contributed by atoms with E-state index in [1.54, 1.807) is 0 Å². The smallest absolute Gasteiger partial charge is 0.327 e. The summed E-state index contributed by atoms with van der Waals surface area (Å²) in [5.74, 6) is 0.563. The Morgan fingerprint density at radius 1 is 1.18 bits per heavy atom. The van der Waals surface area contributed by atoms with Gasteiger partial charge in [0, 0.05) is 0 Å². The number of rotatable bonds is 3. The molecule has 0 aromatic heterocycles. The molecule has 0 aliphatic heterocycles. The minimum absolute atomic E-state index is 0.526. The molecule has 4 heteroatoms. The Morgan fingerprint density at radius 3 is 2.36 bits per heavy atom. The zero-order chi connectivity index (χ0) is 8.10. The Balaban J connectivity index is 2.05. The maximum Gasteiger partial charge on any atom is 0.327 e. The zero-order valence-electron chi connectivity index (χ0n) is 6.57. The van der Waals surface area contributed by atoms with Crippen LogP contribution >= 0.6 is 8.60 Å². The third-order valence-corrected chi connectivity index (χ3v) is 2.53. The largest absolute Gasteiger partial charge is 0.328 e.